The Morgan fingerprint density at radius 3 is 2.48 bits per heavy atom. The van der Waals surface area contributed by atoms with Crippen LogP contribution in [0.1, 0.15) is 31.4 Å². The number of hydrogen-bond acceptors (Lipinski definition) is 5. The minimum atomic E-state index is -0.306. The molecule has 1 aliphatic rings. The molecule has 2 amide bonds. The van der Waals surface area contributed by atoms with Crippen molar-refractivity contribution in [1.29, 1.82) is 0 Å². The van der Waals surface area contributed by atoms with Gasteiger partial charge in [-0.05, 0) is 66.6 Å². The third-order valence-corrected chi connectivity index (χ3v) is 5.31. The summed E-state index contributed by atoms with van der Waals surface area (Å²) in [7, 11) is 0. The van der Waals surface area contributed by atoms with E-state index in [1.165, 1.54) is 4.90 Å². The van der Waals surface area contributed by atoms with Crippen LogP contribution >= 0.6 is 23.4 Å². The molecule has 0 radical (unpaired) electrons. The third kappa shape index (κ3) is 5.34. The number of halogens is 1. The van der Waals surface area contributed by atoms with E-state index >= 15 is 0 Å². The molecule has 1 saturated heterocycles. The number of amides is 2. The normalized spacial score (nSPS) is 15.3. The molecule has 0 atom stereocenters. The van der Waals surface area contributed by atoms with Crippen LogP contribution in [0.15, 0.2) is 47.4 Å². The average Bonchev–Trinajstić information content (AvgIpc) is 2.96. The Labute approximate surface area is 179 Å². The maximum atomic E-state index is 12.7. The minimum absolute atomic E-state index is 0.215. The molecule has 0 spiro atoms. The molecule has 7 heteroatoms. The molecule has 0 saturated carbocycles. The van der Waals surface area contributed by atoms with Crippen molar-refractivity contribution in [2.45, 2.75) is 26.8 Å². The Kier molecular flexibility index (Phi) is 7.23. The van der Waals surface area contributed by atoms with Gasteiger partial charge in [0.2, 0.25) is 0 Å². The van der Waals surface area contributed by atoms with E-state index in [0.717, 1.165) is 29.3 Å². The fraction of sp³-hybridized carbons (Fsp3) is 0.273. The van der Waals surface area contributed by atoms with Crippen LogP contribution in [0.25, 0.3) is 6.08 Å². The highest BCUT2D eigenvalue weighted by molar-refractivity contribution is 8.18. The van der Waals surface area contributed by atoms with Gasteiger partial charge in [0.15, 0.2) is 11.5 Å². The van der Waals surface area contributed by atoms with Crippen molar-refractivity contribution in [3.05, 3.63) is 63.5 Å². The van der Waals surface area contributed by atoms with E-state index < -0.39 is 0 Å². The standard InChI is InChI=1S/C22H22ClNO4S/c1-3-11-28-18-10-7-16(12-19(18)27-4-2)13-20-21(25)24(22(26)29-20)14-15-5-8-17(23)9-6-15/h5-10,12-13H,3-4,11,14H2,1-2H3/b20-13-. The molecule has 3 rings (SSSR count). The van der Waals surface area contributed by atoms with Gasteiger partial charge in [-0.25, -0.2) is 0 Å². The van der Waals surface area contributed by atoms with Crippen molar-refractivity contribution < 1.29 is 19.1 Å². The average molecular weight is 432 g/mol. The molecule has 0 bridgehead atoms. The first kappa shape index (κ1) is 21.3. The lowest BCUT2D eigenvalue weighted by Crippen LogP contribution is -2.27. The first-order valence-electron chi connectivity index (χ1n) is 9.41. The van der Waals surface area contributed by atoms with Gasteiger partial charge in [0, 0.05) is 5.02 Å². The van der Waals surface area contributed by atoms with E-state index in [2.05, 4.69) is 0 Å². The third-order valence-electron chi connectivity index (χ3n) is 4.15. The van der Waals surface area contributed by atoms with Gasteiger partial charge >= 0.3 is 0 Å². The number of rotatable bonds is 8. The van der Waals surface area contributed by atoms with E-state index in [1.807, 2.05) is 32.0 Å². The molecule has 2 aromatic carbocycles. The van der Waals surface area contributed by atoms with E-state index in [1.54, 1.807) is 30.3 Å². The second kappa shape index (κ2) is 9.85. The van der Waals surface area contributed by atoms with Crippen molar-refractivity contribution in [3.63, 3.8) is 0 Å². The van der Waals surface area contributed by atoms with E-state index in [0.29, 0.717) is 34.6 Å². The monoisotopic (exact) mass is 431 g/mol. The maximum absolute atomic E-state index is 12.7. The number of benzene rings is 2. The molecule has 0 N–H and O–H groups in total. The second-order valence-corrected chi connectivity index (χ2v) is 7.81. The van der Waals surface area contributed by atoms with Crippen LogP contribution in [0.3, 0.4) is 0 Å². The second-order valence-electron chi connectivity index (χ2n) is 6.38. The van der Waals surface area contributed by atoms with Gasteiger partial charge in [0.25, 0.3) is 11.1 Å². The summed E-state index contributed by atoms with van der Waals surface area (Å²) in [5.74, 6) is 0.982. The van der Waals surface area contributed by atoms with Gasteiger partial charge < -0.3 is 9.47 Å². The molecular weight excluding hydrogens is 410 g/mol. The first-order valence-corrected chi connectivity index (χ1v) is 10.6. The van der Waals surface area contributed by atoms with E-state index in [-0.39, 0.29) is 17.7 Å². The summed E-state index contributed by atoms with van der Waals surface area (Å²) in [6, 6.07) is 12.6. The highest BCUT2D eigenvalue weighted by atomic mass is 35.5. The van der Waals surface area contributed by atoms with Crippen molar-refractivity contribution >= 4 is 40.6 Å². The Morgan fingerprint density at radius 2 is 1.79 bits per heavy atom. The summed E-state index contributed by atoms with van der Waals surface area (Å²) in [6.07, 6.45) is 2.60. The van der Waals surface area contributed by atoms with Crippen molar-refractivity contribution in [3.8, 4) is 11.5 Å². The number of ether oxygens (including phenoxy) is 2. The zero-order valence-corrected chi connectivity index (χ0v) is 17.9. The fourth-order valence-electron chi connectivity index (χ4n) is 2.77. The molecule has 29 heavy (non-hydrogen) atoms. The first-order chi connectivity index (χ1) is 14.0. The van der Waals surface area contributed by atoms with E-state index in [9.17, 15) is 9.59 Å². The molecular formula is C22H22ClNO4S. The maximum Gasteiger partial charge on any atom is 0.293 e. The summed E-state index contributed by atoms with van der Waals surface area (Å²) >= 11 is 6.83. The minimum Gasteiger partial charge on any atom is -0.490 e. The van der Waals surface area contributed by atoms with Crippen LogP contribution in [0.2, 0.25) is 5.02 Å². The Morgan fingerprint density at radius 1 is 1.03 bits per heavy atom. The van der Waals surface area contributed by atoms with Gasteiger partial charge in [0.1, 0.15) is 0 Å². The highest BCUT2D eigenvalue weighted by Gasteiger charge is 2.35. The summed E-state index contributed by atoms with van der Waals surface area (Å²) in [5.41, 5.74) is 1.61. The summed E-state index contributed by atoms with van der Waals surface area (Å²) in [5, 5.41) is 0.323. The molecule has 0 aliphatic carbocycles. The fourth-order valence-corrected chi connectivity index (χ4v) is 3.74. The molecule has 5 nitrogen and oxygen atoms in total. The van der Waals surface area contributed by atoms with Gasteiger partial charge in [-0.2, -0.15) is 0 Å². The van der Waals surface area contributed by atoms with E-state index in [4.69, 9.17) is 21.1 Å². The quantitative estimate of drug-likeness (QED) is 0.497. The predicted octanol–water partition coefficient (Wildman–Crippen LogP) is 5.76. The highest BCUT2D eigenvalue weighted by Crippen LogP contribution is 2.35. The molecule has 152 valence electrons. The number of hydrogen-bond donors (Lipinski definition) is 0. The zero-order chi connectivity index (χ0) is 20.8. The number of imide groups is 1. The van der Waals surface area contributed by atoms with Crippen molar-refractivity contribution in [1.82, 2.24) is 4.90 Å². The van der Waals surface area contributed by atoms with Gasteiger partial charge in [-0.1, -0.05) is 36.7 Å². The van der Waals surface area contributed by atoms with Gasteiger partial charge in [-0.3, -0.25) is 14.5 Å². The number of carbonyl (C=O) groups excluding carboxylic acids is 2. The number of thioether (sulfide) groups is 1. The smallest absolute Gasteiger partial charge is 0.293 e. The largest absolute Gasteiger partial charge is 0.490 e. The van der Waals surface area contributed by atoms with Crippen LogP contribution < -0.4 is 9.47 Å². The molecule has 1 fully saturated rings. The van der Waals surface area contributed by atoms with Crippen LogP contribution in [-0.2, 0) is 11.3 Å². The number of nitrogens with zero attached hydrogens (tertiary/aromatic N) is 1. The molecule has 0 unspecified atom stereocenters. The SMILES string of the molecule is CCCOc1ccc(/C=C2\SC(=O)N(Cc3ccc(Cl)cc3)C2=O)cc1OCC. The van der Waals surface area contributed by atoms with Crippen molar-refractivity contribution in [2.75, 3.05) is 13.2 Å². The number of carbonyl (C=O) groups is 2. The Hall–Kier alpha value is -2.44. The molecule has 1 aliphatic heterocycles. The predicted molar refractivity (Wildman–Crippen MR) is 116 cm³/mol. The molecule has 1 heterocycles. The Balaban J connectivity index is 1.79. The molecule has 0 aromatic heterocycles. The topological polar surface area (TPSA) is 55.8 Å². The summed E-state index contributed by atoms with van der Waals surface area (Å²) < 4.78 is 11.4. The lowest BCUT2D eigenvalue weighted by Gasteiger charge is -2.13. The van der Waals surface area contributed by atoms with Crippen LogP contribution in [0.4, 0.5) is 4.79 Å². The lowest BCUT2D eigenvalue weighted by molar-refractivity contribution is -0.123. The molecule has 2 aromatic rings. The Bertz CT molecular complexity index is 927. The van der Waals surface area contributed by atoms with Crippen molar-refractivity contribution in [2.24, 2.45) is 0 Å². The lowest BCUT2D eigenvalue weighted by atomic mass is 10.1. The van der Waals surface area contributed by atoms with Crippen LogP contribution in [0.5, 0.6) is 11.5 Å². The van der Waals surface area contributed by atoms with Gasteiger partial charge in [0.05, 0.1) is 24.7 Å². The van der Waals surface area contributed by atoms with Crippen LogP contribution in [0, 0.1) is 0 Å². The van der Waals surface area contributed by atoms with Crippen LogP contribution in [-0.4, -0.2) is 29.3 Å². The summed E-state index contributed by atoms with van der Waals surface area (Å²) in [6.45, 7) is 5.26. The summed E-state index contributed by atoms with van der Waals surface area (Å²) in [4.78, 5) is 26.7. The van der Waals surface area contributed by atoms with Gasteiger partial charge in [-0.15, -0.1) is 0 Å². The zero-order valence-electron chi connectivity index (χ0n) is 16.3.